The van der Waals surface area contributed by atoms with Crippen molar-refractivity contribution in [3.8, 4) is 6.07 Å². The second-order valence-corrected chi connectivity index (χ2v) is 3.45. The quantitative estimate of drug-likeness (QED) is 0.589. The Labute approximate surface area is 77.5 Å². The minimum atomic E-state index is -0.517. The Hall–Kier alpha value is -1.62. The van der Waals surface area contributed by atoms with Gasteiger partial charge in [0.1, 0.15) is 5.41 Å². The second-order valence-electron chi connectivity index (χ2n) is 3.45. The third kappa shape index (κ3) is 0.905. The van der Waals surface area contributed by atoms with Crippen molar-refractivity contribution in [2.45, 2.75) is 19.3 Å². The summed E-state index contributed by atoms with van der Waals surface area (Å²) in [4.78, 5) is 4.37. The van der Waals surface area contributed by atoms with Gasteiger partial charge in [-0.3, -0.25) is 4.99 Å². The molecule has 0 aliphatic carbocycles. The van der Waals surface area contributed by atoms with Crippen LogP contribution in [0.2, 0.25) is 0 Å². The van der Waals surface area contributed by atoms with Crippen LogP contribution >= 0.6 is 0 Å². The molecule has 0 spiro atoms. The van der Waals surface area contributed by atoms with E-state index in [4.69, 9.17) is 5.26 Å². The predicted octanol–water partition coefficient (Wildman–Crippen LogP) is 2.57. The summed E-state index contributed by atoms with van der Waals surface area (Å²) in [5.41, 5.74) is 2.33. The summed E-state index contributed by atoms with van der Waals surface area (Å²) in [6, 6.07) is 10.1. The van der Waals surface area contributed by atoms with Crippen molar-refractivity contribution >= 4 is 11.4 Å². The van der Waals surface area contributed by atoms with Crippen molar-refractivity contribution in [3.05, 3.63) is 29.8 Å². The van der Waals surface area contributed by atoms with Gasteiger partial charge in [0.25, 0.3) is 0 Å². The summed E-state index contributed by atoms with van der Waals surface area (Å²) in [6.45, 7) is 3.82. The molecule has 0 saturated heterocycles. The molecule has 1 unspecified atom stereocenters. The molecule has 1 heterocycles. The molecule has 0 saturated carbocycles. The maximum absolute atomic E-state index is 9.11. The molecule has 13 heavy (non-hydrogen) atoms. The number of rotatable bonds is 0. The van der Waals surface area contributed by atoms with Gasteiger partial charge in [0, 0.05) is 11.3 Å². The highest BCUT2D eigenvalue weighted by Gasteiger charge is 2.36. The molecule has 1 atom stereocenters. The summed E-state index contributed by atoms with van der Waals surface area (Å²) in [7, 11) is 0. The molecular weight excluding hydrogens is 160 g/mol. The number of fused-ring (bicyclic) bond motifs is 1. The van der Waals surface area contributed by atoms with E-state index in [1.807, 2.05) is 38.1 Å². The average molecular weight is 170 g/mol. The summed E-state index contributed by atoms with van der Waals surface area (Å²) in [5.74, 6) is 0. The van der Waals surface area contributed by atoms with Gasteiger partial charge >= 0.3 is 0 Å². The van der Waals surface area contributed by atoms with Crippen molar-refractivity contribution in [3.63, 3.8) is 0 Å². The van der Waals surface area contributed by atoms with E-state index >= 15 is 0 Å². The van der Waals surface area contributed by atoms with E-state index in [9.17, 15) is 0 Å². The van der Waals surface area contributed by atoms with Crippen molar-refractivity contribution in [1.29, 1.82) is 5.26 Å². The fourth-order valence-corrected chi connectivity index (χ4v) is 1.62. The minimum absolute atomic E-state index is 0.517. The van der Waals surface area contributed by atoms with Crippen LogP contribution in [0, 0.1) is 11.3 Å². The smallest absolute Gasteiger partial charge is 0.119 e. The van der Waals surface area contributed by atoms with E-state index in [1.165, 1.54) is 0 Å². The number of nitrogens with zero attached hydrogens (tertiary/aromatic N) is 2. The SMILES string of the molecule is CC1=Nc2ccccc2C1(C)C#N. The Morgan fingerprint density at radius 3 is 2.77 bits per heavy atom. The zero-order chi connectivity index (χ0) is 9.47. The molecule has 0 aromatic heterocycles. The Kier molecular flexibility index (Phi) is 1.50. The van der Waals surface area contributed by atoms with Gasteiger partial charge in [0.05, 0.1) is 11.8 Å². The van der Waals surface area contributed by atoms with E-state index in [0.29, 0.717) is 0 Å². The van der Waals surface area contributed by atoms with Crippen LogP contribution in [0.25, 0.3) is 0 Å². The molecule has 0 amide bonds. The van der Waals surface area contributed by atoms with Crippen LogP contribution in [0.3, 0.4) is 0 Å². The van der Waals surface area contributed by atoms with E-state index in [0.717, 1.165) is 17.0 Å². The molecule has 2 heteroatoms. The maximum Gasteiger partial charge on any atom is 0.119 e. The number of hydrogen-bond donors (Lipinski definition) is 0. The third-order valence-corrected chi connectivity index (χ3v) is 2.68. The zero-order valence-corrected chi connectivity index (χ0v) is 7.70. The van der Waals surface area contributed by atoms with Crippen LogP contribution in [0.15, 0.2) is 29.3 Å². The fraction of sp³-hybridized carbons (Fsp3) is 0.273. The fourth-order valence-electron chi connectivity index (χ4n) is 1.62. The molecule has 2 nitrogen and oxygen atoms in total. The molecular formula is C11H10N2. The second kappa shape index (κ2) is 2.43. The number of benzene rings is 1. The molecule has 2 rings (SSSR count). The number of nitriles is 1. The van der Waals surface area contributed by atoms with Crippen LogP contribution in [0.1, 0.15) is 19.4 Å². The molecule has 0 fully saturated rings. The summed E-state index contributed by atoms with van der Waals surface area (Å²) in [5, 5.41) is 9.11. The number of aliphatic imine (C=N–C) groups is 1. The number of para-hydroxylation sites is 1. The molecule has 0 radical (unpaired) electrons. The Bertz CT molecular complexity index is 426. The third-order valence-electron chi connectivity index (χ3n) is 2.68. The lowest BCUT2D eigenvalue weighted by Crippen LogP contribution is -2.24. The normalized spacial score (nSPS) is 24.8. The topological polar surface area (TPSA) is 36.1 Å². The van der Waals surface area contributed by atoms with Crippen molar-refractivity contribution in [2.75, 3.05) is 0 Å². The number of hydrogen-bond acceptors (Lipinski definition) is 2. The van der Waals surface area contributed by atoms with E-state index < -0.39 is 5.41 Å². The van der Waals surface area contributed by atoms with Crippen LogP contribution in [-0.4, -0.2) is 5.71 Å². The van der Waals surface area contributed by atoms with Gasteiger partial charge in [-0.15, -0.1) is 0 Å². The van der Waals surface area contributed by atoms with Gasteiger partial charge in [-0.2, -0.15) is 5.26 Å². The zero-order valence-electron chi connectivity index (χ0n) is 7.70. The molecule has 0 N–H and O–H groups in total. The highest BCUT2D eigenvalue weighted by Crippen LogP contribution is 2.39. The van der Waals surface area contributed by atoms with E-state index in [-0.39, 0.29) is 0 Å². The predicted molar refractivity (Wildman–Crippen MR) is 52.2 cm³/mol. The van der Waals surface area contributed by atoms with Crippen LogP contribution < -0.4 is 0 Å². The molecule has 64 valence electrons. The Balaban J connectivity index is 2.70. The lowest BCUT2D eigenvalue weighted by Gasteiger charge is -2.15. The van der Waals surface area contributed by atoms with Gasteiger partial charge in [0.2, 0.25) is 0 Å². The molecule has 1 aliphatic heterocycles. The highest BCUT2D eigenvalue weighted by atomic mass is 14.8. The standard InChI is InChI=1S/C11H10N2/c1-8-11(2,7-12)9-5-3-4-6-10(9)13-8/h3-6H,1-2H3. The van der Waals surface area contributed by atoms with Crippen molar-refractivity contribution in [2.24, 2.45) is 4.99 Å². The Morgan fingerprint density at radius 2 is 2.08 bits per heavy atom. The molecule has 1 aliphatic rings. The highest BCUT2D eigenvalue weighted by molar-refractivity contribution is 6.02. The van der Waals surface area contributed by atoms with Gasteiger partial charge in [0.15, 0.2) is 0 Å². The summed E-state index contributed by atoms with van der Waals surface area (Å²) < 4.78 is 0. The summed E-state index contributed by atoms with van der Waals surface area (Å²) in [6.07, 6.45) is 0. The van der Waals surface area contributed by atoms with Gasteiger partial charge in [-0.05, 0) is 19.9 Å². The largest absolute Gasteiger partial charge is 0.256 e. The van der Waals surface area contributed by atoms with E-state index in [2.05, 4.69) is 11.1 Å². The van der Waals surface area contributed by atoms with Crippen LogP contribution in [0.5, 0.6) is 0 Å². The first kappa shape index (κ1) is 8.00. The lowest BCUT2D eigenvalue weighted by atomic mass is 9.82. The molecule has 1 aromatic rings. The van der Waals surface area contributed by atoms with Gasteiger partial charge < -0.3 is 0 Å². The first-order valence-corrected chi connectivity index (χ1v) is 4.25. The van der Waals surface area contributed by atoms with Gasteiger partial charge in [-0.1, -0.05) is 18.2 Å². The van der Waals surface area contributed by atoms with Gasteiger partial charge in [-0.25, -0.2) is 0 Å². The molecule has 0 bridgehead atoms. The lowest BCUT2D eigenvalue weighted by molar-refractivity contribution is 0.845. The van der Waals surface area contributed by atoms with Crippen LogP contribution in [-0.2, 0) is 5.41 Å². The minimum Gasteiger partial charge on any atom is -0.256 e. The first-order valence-electron chi connectivity index (χ1n) is 4.25. The van der Waals surface area contributed by atoms with E-state index in [1.54, 1.807) is 0 Å². The summed E-state index contributed by atoms with van der Waals surface area (Å²) >= 11 is 0. The first-order chi connectivity index (χ1) is 6.18. The average Bonchev–Trinajstić information content (AvgIpc) is 2.41. The van der Waals surface area contributed by atoms with Crippen LogP contribution in [0.4, 0.5) is 5.69 Å². The Morgan fingerprint density at radius 1 is 1.38 bits per heavy atom. The van der Waals surface area contributed by atoms with Crippen molar-refractivity contribution in [1.82, 2.24) is 0 Å². The maximum atomic E-state index is 9.11. The van der Waals surface area contributed by atoms with Crippen molar-refractivity contribution < 1.29 is 0 Å². The monoisotopic (exact) mass is 170 g/mol. The molecule has 1 aromatic carbocycles.